The van der Waals surface area contributed by atoms with Crippen LogP contribution in [-0.2, 0) is 4.74 Å². The second kappa shape index (κ2) is 4.58. The van der Waals surface area contributed by atoms with Gasteiger partial charge in [-0.05, 0) is 33.7 Å². The van der Waals surface area contributed by atoms with E-state index in [4.69, 9.17) is 4.74 Å². The Morgan fingerprint density at radius 3 is 2.50 bits per heavy atom. The number of rotatable bonds is 2. The SMILES string of the molecule is CCN1CCC(OC(C)(C)C)C(F)C1. The lowest BCUT2D eigenvalue weighted by atomic mass is 10.0. The first-order valence-corrected chi connectivity index (χ1v) is 5.46. The summed E-state index contributed by atoms with van der Waals surface area (Å²) in [5.41, 5.74) is -0.233. The number of piperidine rings is 1. The van der Waals surface area contributed by atoms with E-state index in [2.05, 4.69) is 11.8 Å². The van der Waals surface area contributed by atoms with Gasteiger partial charge in [0, 0.05) is 13.1 Å². The molecule has 0 saturated carbocycles. The average molecular weight is 203 g/mol. The van der Waals surface area contributed by atoms with E-state index in [1.807, 2.05) is 20.8 Å². The highest BCUT2D eigenvalue weighted by Crippen LogP contribution is 2.22. The second-order valence-corrected chi connectivity index (χ2v) is 4.97. The molecule has 2 atom stereocenters. The molecule has 0 aliphatic carbocycles. The van der Waals surface area contributed by atoms with Gasteiger partial charge in [-0.15, -0.1) is 0 Å². The molecule has 3 heteroatoms. The monoisotopic (exact) mass is 203 g/mol. The summed E-state index contributed by atoms with van der Waals surface area (Å²) < 4.78 is 19.3. The highest BCUT2D eigenvalue weighted by molar-refractivity contribution is 4.82. The Labute approximate surface area is 86.4 Å². The van der Waals surface area contributed by atoms with Crippen LogP contribution in [0.15, 0.2) is 0 Å². The molecule has 14 heavy (non-hydrogen) atoms. The van der Waals surface area contributed by atoms with Gasteiger partial charge >= 0.3 is 0 Å². The van der Waals surface area contributed by atoms with Crippen LogP contribution in [0.3, 0.4) is 0 Å². The summed E-state index contributed by atoms with van der Waals surface area (Å²) in [7, 11) is 0. The smallest absolute Gasteiger partial charge is 0.139 e. The van der Waals surface area contributed by atoms with Crippen molar-refractivity contribution in [2.24, 2.45) is 0 Å². The van der Waals surface area contributed by atoms with Crippen LogP contribution >= 0.6 is 0 Å². The molecule has 1 heterocycles. The third kappa shape index (κ3) is 3.54. The molecule has 1 aliphatic rings. The number of hydrogen-bond donors (Lipinski definition) is 0. The van der Waals surface area contributed by atoms with Gasteiger partial charge in [-0.25, -0.2) is 4.39 Å². The van der Waals surface area contributed by atoms with Gasteiger partial charge in [0.1, 0.15) is 6.17 Å². The highest BCUT2D eigenvalue weighted by atomic mass is 19.1. The lowest BCUT2D eigenvalue weighted by Crippen LogP contribution is -2.47. The molecule has 0 radical (unpaired) electrons. The standard InChI is InChI=1S/C11H22FNO/c1-5-13-7-6-10(9(12)8-13)14-11(2,3)4/h9-10H,5-8H2,1-4H3. The maximum absolute atomic E-state index is 13.6. The van der Waals surface area contributed by atoms with Crippen molar-refractivity contribution < 1.29 is 9.13 Å². The topological polar surface area (TPSA) is 12.5 Å². The lowest BCUT2D eigenvalue weighted by molar-refractivity contribution is -0.114. The summed E-state index contributed by atoms with van der Waals surface area (Å²) >= 11 is 0. The van der Waals surface area contributed by atoms with Gasteiger partial charge in [-0.2, -0.15) is 0 Å². The second-order valence-electron chi connectivity index (χ2n) is 4.97. The van der Waals surface area contributed by atoms with Crippen molar-refractivity contribution in [2.45, 2.75) is 52.0 Å². The largest absolute Gasteiger partial charge is 0.370 e. The highest BCUT2D eigenvalue weighted by Gasteiger charge is 2.31. The maximum Gasteiger partial charge on any atom is 0.139 e. The van der Waals surface area contributed by atoms with Crippen molar-refractivity contribution in [3.8, 4) is 0 Å². The predicted molar refractivity (Wildman–Crippen MR) is 56.3 cm³/mol. The van der Waals surface area contributed by atoms with E-state index in [0.29, 0.717) is 6.54 Å². The van der Waals surface area contributed by atoms with Crippen LogP contribution in [0, 0.1) is 0 Å². The molecule has 2 nitrogen and oxygen atoms in total. The summed E-state index contributed by atoms with van der Waals surface area (Å²) in [6.07, 6.45) is -0.229. The molecule has 1 aliphatic heterocycles. The predicted octanol–water partition coefficient (Wildman–Crippen LogP) is 2.23. The van der Waals surface area contributed by atoms with Gasteiger partial charge in [0.25, 0.3) is 0 Å². The van der Waals surface area contributed by atoms with Crippen molar-refractivity contribution in [3.63, 3.8) is 0 Å². The normalized spacial score (nSPS) is 30.6. The van der Waals surface area contributed by atoms with Gasteiger partial charge in [0.2, 0.25) is 0 Å². The maximum atomic E-state index is 13.6. The van der Waals surface area contributed by atoms with Gasteiger partial charge < -0.3 is 9.64 Å². The number of ether oxygens (including phenoxy) is 1. The molecule has 1 saturated heterocycles. The molecular formula is C11H22FNO. The van der Waals surface area contributed by atoms with Gasteiger partial charge in [-0.1, -0.05) is 6.92 Å². The van der Waals surface area contributed by atoms with Crippen molar-refractivity contribution >= 4 is 0 Å². The van der Waals surface area contributed by atoms with E-state index in [0.717, 1.165) is 19.5 Å². The molecule has 1 rings (SSSR count). The van der Waals surface area contributed by atoms with Crippen LogP contribution in [0.2, 0.25) is 0 Å². The summed E-state index contributed by atoms with van der Waals surface area (Å²) in [5, 5.41) is 0. The summed E-state index contributed by atoms with van der Waals surface area (Å²) in [4.78, 5) is 2.13. The van der Waals surface area contributed by atoms with Crippen LogP contribution in [0.25, 0.3) is 0 Å². The van der Waals surface area contributed by atoms with Gasteiger partial charge in [0.15, 0.2) is 0 Å². The first-order chi connectivity index (χ1) is 6.42. The Kier molecular flexibility index (Phi) is 3.90. The minimum atomic E-state index is -0.831. The molecular weight excluding hydrogens is 181 g/mol. The fourth-order valence-electron chi connectivity index (χ4n) is 1.82. The van der Waals surface area contributed by atoms with E-state index in [-0.39, 0.29) is 11.7 Å². The van der Waals surface area contributed by atoms with E-state index in [9.17, 15) is 4.39 Å². The molecule has 1 fully saturated rings. The number of hydrogen-bond acceptors (Lipinski definition) is 2. The molecule has 0 aromatic carbocycles. The van der Waals surface area contributed by atoms with Crippen molar-refractivity contribution in [2.75, 3.05) is 19.6 Å². The van der Waals surface area contributed by atoms with Crippen LogP contribution in [0.5, 0.6) is 0 Å². The summed E-state index contributed by atoms with van der Waals surface area (Å²) in [6.45, 7) is 10.4. The minimum Gasteiger partial charge on any atom is -0.370 e. The molecule has 0 N–H and O–H groups in total. The first kappa shape index (κ1) is 11.9. The quantitative estimate of drug-likeness (QED) is 0.682. The number of alkyl halides is 1. The fraction of sp³-hybridized carbons (Fsp3) is 1.00. The molecule has 0 spiro atoms. The Balaban J connectivity index is 2.42. The molecule has 84 valence electrons. The van der Waals surface area contributed by atoms with E-state index < -0.39 is 6.17 Å². The van der Waals surface area contributed by atoms with Crippen LogP contribution in [0.4, 0.5) is 4.39 Å². The summed E-state index contributed by atoms with van der Waals surface area (Å²) in [5.74, 6) is 0. The lowest BCUT2D eigenvalue weighted by Gasteiger charge is -2.37. The number of halogens is 1. The van der Waals surface area contributed by atoms with E-state index >= 15 is 0 Å². The van der Waals surface area contributed by atoms with Gasteiger partial charge in [-0.3, -0.25) is 0 Å². The Hall–Kier alpha value is -0.150. The minimum absolute atomic E-state index is 0.210. The first-order valence-electron chi connectivity index (χ1n) is 5.46. The van der Waals surface area contributed by atoms with Crippen molar-refractivity contribution in [1.82, 2.24) is 4.90 Å². The van der Waals surface area contributed by atoms with E-state index in [1.54, 1.807) is 0 Å². The Bertz CT molecular complexity index is 179. The van der Waals surface area contributed by atoms with E-state index in [1.165, 1.54) is 0 Å². The Morgan fingerprint density at radius 1 is 1.43 bits per heavy atom. The zero-order chi connectivity index (χ0) is 10.8. The molecule has 0 amide bonds. The molecule has 0 aromatic rings. The third-order valence-corrected chi connectivity index (χ3v) is 2.52. The average Bonchev–Trinajstić information content (AvgIpc) is 2.06. The van der Waals surface area contributed by atoms with Crippen LogP contribution in [-0.4, -0.2) is 42.4 Å². The van der Waals surface area contributed by atoms with Crippen molar-refractivity contribution in [1.29, 1.82) is 0 Å². The molecule has 0 bridgehead atoms. The molecule has 2 unspecified atom stereocenters. The van der Waals surface area contributed by atoms with Gasteiger partial charge in [0.05, 0.1) is 11.7 Å². The summed E-state index contributed by atoms with van der Waals surface area (Å²) in [6, 6.07) is 0. The third-order valence-electron chi connectivity index (χ3n) is 2.52. The number of likely N-dealkylation sites (tertiary alicyclic amines) is 1. The number of nitrogens with zero attached hydrogens (tertiary/aromatic N) is 1. The fourth-order valence-corrected chi connectivity index (χ4v) is 1.82. The molecule has 0 aromatic heterocycles. The van der Waals surface area contributed by atoms with Crippen LogP contribution in [0.1, 0.15) is 34.1 Å². The Morgan fingerprint density at radius 2 is 2.07 bits per heavy atom. The zero-order valence-electron chi connectivity index (χ0n) is 9.72. The van der Waals surface area contributed by atoms with Crippen LogP contribution < -0.4 is 0 Å². The zero-order valence-corrected chi connectivity index (χ0v) is 9.72. The van der Waals surface area contributed by atoms with Crippen molar-refractivity contribution in [3.05, 3.63) is 0 Å².